The summed E-state index contributed by atoms with van der Waals surface area (Å²) in [4.78, 5) is 25.1. The van der Waals surface area contributed by atoms with Crippen LogP contribution in [0, 0.1) is 0 Å². The summed E-state index contributed by atoms with van der Waals surface area (Å²) in [5.41, 5.74) is 1.09. The van der Waals surface area contributed by atoms with Gasteiger partial charge >= 0.3 is 6.18 Å². The number of aromatic nitrogens is 3. The van der Waals surface area contributed by atoms with Crippen molar-refractivity contribution in [1.82, 2.24) is 19.9 Å². The van der Waals surface area contributed by atoms with Crippen molar-refractivity contribution < 1.29 is 13.2 Å². The van der Waals surface area contributed by atoms with Crippen molar-refractivity contribution in [3.05, 3.63) is 57.0 Å². The first-order valence-corrected chi connectivity index (χ1v) is 8.10. The Balaban J connectivity index is 1.74. The van der Waals surface area contributed by atoms with Gasteiger partial charge in [0.05, 0.1) is 11.3 Å². The van der Waals surface area contributed by atoms with E-state index < -0.39 is 11.9 Å². The quantitative estimate of drug-likeness (QED) is 0.923. The van der Waals surface area contributed by atoms with E-state index in [-0.39, 0.29) is 11.5 Å². The lowest BCUT2D eigenvalue weighted by Gasteiger charge is -2.28. The van der Waals surface area contributed by atoms with E-state index in [0.29, 0.717) is 43.0 Å². The molecule has 1 aliphatic rings. The predicted molar refractivity (Wildman–Crippen MR) is 86.0 cm³/mol. The zero-order valence-electron chi connectivity index (χ0n) is 14.0. The van der Waals surface area contributed by atoms with E-state index in [1.54, 1.807) is 0 Å². The van der Waals surface area contributed by atoms with Gasteiger partial charge in [0.1, 0.15) is 11.5 Å². The molecule has 3 rings (SSSR count). The average Bonchev–Trinajstić information content (AvgIpc) is 2.55. The normalized spacial score (nSPS) is 15.4. The smallest absolute Gasteiger partial charge is 0.310 e. The van der Waals surface area contributed by atoms with Crippen LogP contribution in [0.3, 0.4) is 0 Å². The van der Waals surface area contributed by atoms with Crippen molar-refractivity contribution in [2.75, 3.05) is 6.54 Å². The number of hydrogen-bond acceptors (Lipinski definition) is 4. The average molecular weight is 352 g/mol. The van der Waals surface area contributed by atoms with E-state index in [2.05, 4.69) is 15.0 Å². The van der Waals surface area contributed by atoms with Gasteiger partial charge in [0.2, 0.25) is 0 Å². The van der Waals surface area contributed by atoms with Crippen molar-refractivity contribution in [3.8, 4) is 0 Å². The van der Waals surface area contributed by atoms with Gasteiger partial charge in [-0.1, -0.05) is 19.9 Å². The van der Waals surface area contributed by atoms with Gasteiger partial charge in [-0.05, 0) is 11.6 Å². The van der Waals surface area contributed by atoms with Gasteiger partial charge in [0.25, 0.3) is 5.56 Å². The maximum absolute atomic E-state index is 12.6. The number of rotatable bonds is 3. The summed E-state index contributed by atoms with van der Waals surface area (Å²) in [7, 11) is 0. The number of hydrogen-bond donors (Lipinski definition) is 1. The summed E-state index contributed by atoms with van der Waals surface area (Å²) < 4.78 is 37.7. The van der Waals surface area contributed by atoms with Crippen LogP contribution in [0.4, 0.5) is 13.2 Å². The van der Waals surface area contributed by atoms with Gasteiger partial charge in [0.15, 0.2) is 0 Å². The fourth-order valence-corrected chi connectivity index (χ4v) is 2.85. The Morgan fingerprint density at radius 3 is 2.68 bits per heavy atom. The first-order chi connectivity index (χ1) is 11.7. The molecule has 0 fully saturated rings. The molecule has 1 N–H and O–H groups in total. The molecule has 0 radical (unpaired) electrons. The number of H-pyrrole nitrogens is 1. The summed E-state index contributed by atoms with van der Waals surface area (Å²) >= 11 is 0. The van der Waals surface area contributed by atoms with Gasteiger partial charge in [-0.2, -0.15) is 13.2 Å². The molecule has 1 aliphatic heterocycles. The highest BCUT2D eigenvalue weighted by molar-refractivity contribution is 5.22. The van der Waals surface area contributed by atoms with E-state index >= 15 is 0 Å². The Kier molecular flexibility index (Phi) is 4.64. The number of aromatic amines is 1. The van der Waals surface area contributed by atoms with E-state index in [0.717, 1.165) is 11.8 Å². The van der Waals surface area contributed by atoms with E-state index in [9.17, 15) is 18.0 Å². The summed E-state index contributed by atoms with van der Waals surface area (Å²) in [5, 5.41) is 0. The standard InChI is InChI=1S/C17H19F3N4O/c1-10(2)15-22-13-5-6-24(9-12(13)16(25)23-15)8-11-3-4-14(21-7-11)17(18,19)20/h3-4,7,10H,5-6,8-9H2,1-2H3,(H,22,23,25). The predicted octanol–water partition coefficient (Wildman–Crippen LogP) is 2.87. The van der Waals surface area contributed by atoms with Crippen LogP contribution in [-0.4, -0.2) is 26.4 Å². The molecule has 0 bridgehead atoms. The Morgan fingerprint density at radius 2 is 2.08 bits per heavy atom. The Morgan fingerprint density at radius 1 is 1.32 bits per heavy atom. The van der Waals surface area contributed by atoms with Crippen LogP contribution < -0.4 is 5.56 Å². The van der Waals surface area contributed by atoms with Crippen LogP contribution in [0.1, 0.15) is 48.1 Å². The number of nitrogens with one attached hydrogen (secondary N) is 1. The minimum absolute atomic E-state index is 0.135. The molecule has 0 spiro atoms. The Labute approximate surface area is 142 Å². The number of pyridine rings is 1. The van der Waals surface area contributed by atoms with Crippen LogP contribution in [0.5, 0.6) is 0 Å². The molecule has 0 atom stereocenters. The summed E-state index contributed by atoms with van der Waals surface area (Å²) in [5.74, 6) is 0.832. The molecule has 0 saturated heterocycles. The van der Waals surface area contributed by atoms with E-state index in [1.807, 2.05) is 18.7 Å². The van der Waals surface area contributed by atoms with Crippen LogP contribution in [0.2, 0.25) is 0 Å². The molecule has 0 saturated carbocycles. The molecular weight excluding hydrogens is 333 g/mol. The molecule has 3 heterocycles. The van der Waals surface area contributed by atoms with Crippen LogP contribution in [0.15, 0.2) is 23.1 Å². The second kappa shape index (κ2) is 6.59. The third-order valence-corrected chi connectivity index (χ3v) is 4.23. The topological polar surface area (TPSA) is 61.9 Å². The van der Waals surface area contributed by atoms with Gasteiger partial charge in [-0.25, -0.2) is 4.98 Å². The molecular formula is C17H19F3N4O. The highest BCUT2D eigenvalue weighted by Crippen LogP contribution is 2.27. The molecule has 25 heavy (non-hydrogen) atoms. The number of nitrogens with zero attached hydrogens (tertiary/aromatic N) is 3. The zero-order valence-corrected chi connectivity index (χ0v) is 14.0. The first-order valence-electron chi connectivity index (χ1n) is 8.10. The molecule has 8 heteroatoms. The van der Waals surface area contributed by atoms with Gasteiger partial charge < -0.3 is 4.98 Å². The van der Waals surface area contributed by atoms with E-state index in [4.69, 9.17) is 0 Å². The molecule has 0 aromatic carbocycles. The zero-order chi connectivity index (χ0) is 18.2. The number of halogens is 3. The molecule has 0 amide bonds. The molecule has 2 aromatic heterocycles. The maximum Gasteiger partial charge on any atom is 0.433 e. The molecule has 5 nitrogen and oxygen atoms in total. The molecule has 134 valence electrons. The third-order valence-electron chi connectivity index (χ3n) is 4.23. The lowest BCUT2D eigenvalue weighted by molar-refractivity contribution is -0.141. The van der Waals surface area contributed by atoms with Crippen LogP contribution in [-0.2, 0) is 25.7 Å². The van der Waals surface area contributed by atoms with Crippen molar-refractivity contribution in [3.63, 3.8) is 0 Å². The minimum Gasteiger partial charge on any atom is -0.310 e. The van der Waals surface area contributed by atoms with Crippen molar-refractivity contribution in [2.45, 2.75) is 45.5 Å². The number of alkyl halides is 3. The lowest BCUT2D eigenvalue weighted by atomic mass is 10.1. The summed E-state index contributed by atoms with van der Waals surface area (Å²) in [6.45, 7) is 5.50. The highest BCUT2D eigenvalue weighted by atomic mass is 19.4. The van der Waals surface area contributed by atoms with Crippen molar-refractivity contribution in [2.24, 2.45) is 0 Å². The molecule has 0 aliphatic carbocycles. The van der Waals surface area contributed by atoms with Crippen molar-refractivity contribution in [1.29, 1.82) is 0 Å². The van der Waals surface area contributed by atoms with Gasteiger partial charge in [-0.3, -0.25) is 14.7 Å². The van der Waals surface area contributed by atoms with Crippen LogP contribution >= 0.6 is 0 Å². The number of fused-ring (bicyclic) bond motifs is 1. The molecule has 0 unspecified atom stereocenters. The van der Waals surface area contributed by atoms with Crippen LogP contribution in [0.25, 0.3) is 0 Å². The third kappa shape index (κ3) is 3.89. The van der Waals surface area contributed by atoms with Crippen molar-refractivity contribution >= 4 is 0 Å². The fraction of sp³-hybridized carbons (Fsp3) is 0.471. The van der Waals surface area contributed by atoms with Gasteiger partial charge in [0, 0.05) is 38.2 Å². The summed E-state index contributed by atoms with van der Waals surface area (Å²) in [6, 6.07) is 2.41. The minimum atomic E-state index is -4.43. The molecule has 2 aromatic rings. The second-order valence-electron chi connectivity index (χ2n) is 6.54. The SMILES string of the molecule is CC(C)c1nc2c(c(=O)[nH]1)CN(Cc1ccc(C(F)(F)F)nc1)CC2. The second-order valence-corrected chi connectivity index (χ2v) is 6.54. The Hall–Kier alpha value is -2.22. The summed E-state index contributed by atoms with van der Waals surface area (Å²) in [6.07, 6.45) is -2.55. The Bertz CT molecular complexity index is 812. The van der Waals surface area contributed by atoms with Gasteiger partial charge in [-0.15, -0.1) is 0 Å². The largest absolute Gasteiger partial charge is 0.433 e. The highest BCUT2D eigenvalue weighted by Gasteiger charge is 2.32. The maximum atomic E-state index is 12.6. The monoisotopic (exact) mass is 352 g/mol. The lowest BCUT2D eigenvalue weighted by Crippen LogP contribution is -2.36. The fourth-order valence-electron chi connectivity index (χ4n) is 2.85. The first kappa shape index (κ1) is 17.6. The van der Waals surface area contributed by atoms with E-state index in [1.165, 1.54) is 12.3 Å².